The van der Waals surface area contributed by atoms with Crippen LogP contribution in [0.3, 0.4) is 0 Å². The Hall–Kier alpha value is -0.480. The molecule has 14 heavy (non-hydrogen) atoms. The van der Waals surface area contributed by atoms with Crippen LogP contribution in [0.25, 0.3) is 0 Å². The molecule has 0 aliphatic carbocycles. The third kappa shape index (κ3) is 3.35. The number of nitrogens with one attached hydrogen (secondary N) is 1. The van der Waals surface area contributed by atoms with E-state index in [1.165, 1.54) is 5.03 Å². The number of rotatable bonds is 5. The number of thioether (sulfide) groups is 1. The highest BCUT2D eigenvalue weighted by Crippen LogP contribution is 2.18. The zero-order valence-corrected chi connectivity index (χ0v) is 10.2. The minimum Gasteiger partial charge on any atom is -0.314 e. The van der Waals surface area contributed by atoms with Crippen molar-refractivity contribution in [2.24, 2.45) is 7.05 Å². The topological polar surface area (TPSA) is 29.9 Å². The second kappa shape index (κ2) is 5.41. The van der Waals surface area contributed by atoms with Crippen molar-refractivity contribution in [3.05, 3.63) is 11.8 Å². The number of aromatic nitrogens is 2. The van der Waals surface area contributed by atoms with Crippen LogP contribution in [-0.2, 0) is 7.05 Å². The van der Waals surface area contributed by atoms with Crippen molar-refractivity contribution in [1.29, 1.82) is 0 Å². The van der Waals surface area contributed by atoms with Crippen molar-refractivity contribution in [2.75, 3.05) is 12.3 Å². The van der Waals surface area contributed by atoms with Gasteiger partial charge >= 0.3 is 0 Å². The van der Waals surface area contributed by atoms with Crippen molar-refractivity contribution in [2.45, 2.75) is 31.8 Å². The first-order valence-corrected chi connectivity index (χ1v) is 5.99. The fourth-order valence-corrected chi connectivity index (χ4v) is 2.36. The molecule has 0 aliphatic rings. The molecule has 0 aliphatic heterocycles. The van der Waals surface area contributed by atoms with Crippen molar-refractivity contribution in [3.8, 4) is 0 Å². The fourth-order valence-electron chi connectivity index (χ4n) is 1.34. The second-order valence-electron chi connectivity index (χ2n) is 3.52. The van der Waals surface area contributed by atoms with Crippen molar-refractivity contribution in [3.63, 3.8) is 0 Å². The molecule has 1 aromatic heterocycles. The maximum Gasteiger partial charge on any atom is 0.0939 e. The molecule has 1 aromatic rings. The third-order valence-electron chi connectivity index (χ3n) is 1.99. The van der Waals surface area contributed by atoms with E-state index in [9.17, 15) is 0 Å². The van der Waals surface area contributed by atoms with Crippen LogP contribution in [0.4, 0.5) is 0 Å². The summed E-state index contributed by atoms with van der Waals surface area (Å²) in [4.78, 5) is 0. The van der Waals surface area contributed by atoms with Gasteiger partial charge in [0.05, 0.1) is 10.7 Å². The molecule has 0 aromatic carbocycles. The zero-order chi connectivity index (χ0) is 10.6. The molecule has 0 fully saturated rings. The number of aryl methyl sites for hydroxylation is 2. The summed E-state index contributed by atoms with van der Waals surface area (Å²) in [5.41, 5.74) is 1.09. The molecule has 0 saturated heterocycles. The lowest BCUT2D eigenvalue weighted by Gasteiger charge is -2.11. The number of hydrogen-bond acceptors (Lipinski definition) is 3. The Bertz CT molecular complexity index is 283. The van der Waals surface area contributed by atoms with Crippen molar-refractivity contribution in [1.82, 2.24) is 15.1 Å². The predicted molar refractivity (Wildman–Crippen MR) is 61.8 cm³/mol. The Kier molecular flexibility index (Phi) is 4.48. The second-order valence-corrected chi connectivity index (χ2v) is 4.56. The third-order valence-corrected chi connectivity index (χ3v) is 3.34. The van der Waals surface area contributed by atoms with E-state index in [1.807, 2.05) is 30.4 Å². The first-order chi connectivity index (χ1) is 6.63. The minimum atomic E-state index is 0.556. The Labute approximate surface area is 90.3 Å². The summed E-state index contributed by atoms with van der Waals surface area (Å²) < 4.78 is 1.94. The first kappa shape index (κ1) is 11.6. The molecule has 3 nitrogen and oxygen atoms in total. The van der Waals surface area contributed by atoms with Crippen LogP contribution in [-0.4, -0.2) is 28.1 Å². The van der Waals surface area contributed by atoms with Crippen LogP contribution >= 0.6 is 11.8 Å². The highest BCUT2D eigenvalue weighted by molar-refractivity contribution is 7.99. The quantitative estimate of drug-likeness (QED) is 0.757. The molecular weight excluding hydrogens is 194 g/mol. The minimum absolute atomic E-state index is 0.556. The van der Waals surface area contributed by atoms with E-state index < -0.39 is 0 Å². The standard InChI is InChI=1S/C10H19N3S/c1-5-11-9(3)7-14-10-6-8(2)12-13(10)4/h6,9,11H,5,7H2,1-4H3. The van der Waals surface area contributed by atoms with E-state index in [-0.39, 0.29) is 0 Å². The summed E-state index contributed by atoms with van der Waals surface area (Å²) in [6.07, 6.45) is 0. The summed E-state index contributed by atoms with van der Waals surface area (Å²) in [5.74, 6) is 1.09. The molecule has 0 spiro atoms. The summed E-state index contributed by atoms with van der Waals surface area (Å²) >= 11 is 1.85. The summed E-state index contributed by atoms with van der Waals surface area (Å²) in [7, 11) is 1.99. The fraction of sp³-hybridized carbons (Fsp3) is 0.700. The van der Waals surface area contributed by atoms with Crippen LogP contribution in [0, 0.1) is 6.92 Å². The Morgan fingerprint density at radius 1 is 1.64 bits per heavy atom. The summed E-state index contributed by atoms with van der Waals surface area (Å²) in [5, 5.41) is 8.94. The van der Waals surface area contributed by atoms with Gasteiger partial charge in [-0.2, -0.15) is 5.10 Å². The van der Waals surface area contributed by atoms with Gasteiger partial charge in [-0.25, -0.2) is 0 Å². The van der Waals surface area contributed by atoms with E-state index in [2.05, 4.69) is 30.3 Å². The zero-order valence-electron chi connectivity index (χ0n) is 9.37. The summed E-state index contributed by atoms with van der Waals surface area (Å²) in [6.45, 7) is 7.40. The van der Waals surface area contributed by atoms with Crippen molar-refractivity contribution >= 4 is 11.8 Å². The van der Waals surface area contributed by atoms with Gasteiger partial charge in [0.2, 0.25) is 0 Å². The van der Waals surface area contributed by atoms with Gasteiger partial charge in [0.15, 0.2) is 0 Å². The van der Waals surface area contributed by atoms with E-state index in [0.717, 1.165) is 18.0 Å². The molecule has 1 rings (SSSR count). The molecular formula is C10H19N3S. The number of hydrogen-bond donors (Lipinski definition) is 1. The van der Waals surface area contributed by atoms with E-state index in [4.69, 9.17) is 0 Å². The average molecular weight is 213 g/mol. The molecule has 0 radical (unpaired) electrons. The molecule has 4 heteroatoms. The SMILES string of the molecule is CCNC(C)CSc1cc(C)nn1C. The van der Waals surface area contributed by atoms with Gasteiger partial charge in [-0.05, 0) is 26.5 Å². The monoisotopic (exact) mass is 213 g/mol. The normalized spacial score (nSPS) is 13.1. The van der Waals surface area contributed by atoms with Gasteiger partial charge in [-0.3, -0.25) is 4.68 Å². The first-order valence-electron chi connectivity index (χ1n) is 5.00. The highest BCUT2D eigenvalue weighted by atomic mass is 32.2. The van der Waals surface area contributed by atoms with Crippen molar-refractivity contribution < 1.29 is 0 Å². The average Bonchev–Trinajstić information content (AvgIpc) is 2.42. The Balaban J connectivity index is 2.41. The van der Waals surface area contributed by atoms with Crippen LogP contribution in [0.5, 0.6) is 0 Å². The molecule has 1 unspecified atom stereocenters. The van der Waals surface area contributed by atoms with Gasteiger partial charge in [0.25, 0.3) is 0 Å². The molecule has 0 amide bonds. The Morgan fingerprint density at radius 3 is 2.86 bits per heavy atom. The van der Waals surface area contributed by atoms with Crippen LogP contribution in [0.1, 0.15) is 19.5 Å². The van der Waals surface area contributed by atoms with Crippen LogP contribution in [0.15, 0.2) is 11.1 Å². The smallest absolute Gasteiger partial charge is 0.0939 e. The molecule has 0 bridgehead atoms. The molecule has 1 heterocycles. The molecule has 1 N–H and O–H groups in total. The summed E-state index contributed by atoms with van der Waals surface area (Å²) in [6, 6.07) is 2.68. The number of nitrogens with zero attached hydrogens (tertiary/aromatic N) is 2. The lowest BCUT2D eigenvalue weighted by Crippen LogP contribution is -2.27. The van der Waals surface area contributed by atoms with E-state index >= 15 is 0 Å². The predicted octanol–water partition coefficient (Wildman–Crippen LogP) is 1.82. The van der Waals surface area contributed by atoms with Gasteiger partial charge in [-0.15, -0.1) is 11.8 Å². The maximum absolute atomic E-state index is 4.31. The molecule has 0 saturated carbocycles. The highest BCUT2D eigenvalue weighted by Gasteiger charge is 2.05. The van der Waals surface area contributed by atoms with E-state index in [0.29, 0.717) is 6.04 Å². The van der Waals surface area contributed by atoms with Crippen LogP contribution < -0.4 is 5.32 Å². The van der Waals surface area contributed by atoms with E-state index in [1.54, 1.807) is 0 Å². The van der Waals surface area contributed by atoms with Crippen LogP contribution in [0.2, 0.25) is 0 Å². The molecule has 1 atom stereocenters. The van der Waals surface area contributed by atoms with Gasteiger partial charge in [0, 0.05) is 18.8 Å². The Morgan fingerprint density at radius 2 is 2.36 bits per heavy atom. The van der Waals surface area contributed by atoms with Gasteiger partial charge in [-0.1, -0.05) is 6.92 Å². The largest absolute Gasteiger partial charge is 0.314 e. The maximum atomic E-state index is 4.31. The lowest BCUT2D eigenvalue weighted by atomic mass is 10.4. The molecule has 80 valence electrons. The van der Waals surface area contributed by atoms with Gasteiger partial charge in [0.1, 0.15) is 0 Å². The van der Waals surface area contributed by atoms with Gasteiger partial charge < -0.3 is 5.32 Å². The lowest BCUT2D eigenvalue weighted by molar-refractivity contribution is 0.618.